The van der Waals surface area contributed by atoms with Gasteiger partial charge in [-0.3, -0.25) is 14.5 Å². The zero-order valence-corrected chi connectivity index (χ0v) is 16.2. The molecule has 142 valence electrons. The third-order valence-corrected chi connectivity index (χ3v) is 5.08. The molecule has 5 nitrogen and oxygen atoms in total. The number of hydrogen-bond donors (Lipinski definition) is 1. The Kier molecular flexibility index (Phi) is 6.48. The van der Waals surface area contributed by atoms with Crippen LogP contribution in [0.2, 0.25) is 5.02 Å². The molecule has 0 unspecified atom stereocenters. The number of amides is 2. The second-order valence-corrected chi connectivity index (χ2v) is 7.25. The Morgan fingerprint density at radius 2 is 1.67 bits per heavy atom. The van der Waals surface area contributed by atoms with Crippen LogP contribution in [0.3, 0.4) is 0 Å². The van der Waals surface area contributed by atoms with Crippen molar-refractivity contribution in [2.75, 3.05) is 38.0 Å². The van der Waals surface area contributed by atoms with Crippen molar-refractivity contribution in [2.24, 2.45) is 0 Å². The number of halogens is 1. The lowest BCUT2D eigenvalue weighted by atomic mass is 10.1. The number of benzene rings is 2. The number of carbonyl (C=O) groups is 2. The largest absolute Gasteiger partial charge is 0.340 e. The molecule has 0 radical (unpaired) electrons. The van der Waals surface area contributed by atoms with Gasteiger partial charge in [-0.25, -0.2) is 0 Å². The van der Waals surface area contributed by atoms with Gasteiger partial charge in [0.15, 0.2) is 0 Å². The lowest BCUT2D eigenvalue weighted by Gasteiger charge is -2.34. The van der Waals surface area contributed by atoms with Gasteiger partial charge < -0.3 is 10.2 Å². The predicted octanol–water partition coefficient (Wildman–Crippen LogP) is 2.97. The Labute approximate surface area is 164 Å². The van der Waals surface area contributed by atoms with E-state index in [0.717, 1.165) is 16.8 Å². The monoisotopic (exact) mass is 385 g/mol. The molecule has 0 aromatic heterocycles. The maximum atomic E-state index is 12.5. The molecule has 0 aliphatic carbocycles. The summed E-state index contributed by atoms with van der Waals surface area (Å²) in [6.45, 7) is 5.06. The molecular weight excluding hydrogens is 362 g/mol. The van der Waals surface area contributed by atoms with Gasteiger partial charge >= 0.3 is 0 Å². The van der Waals surface area contributed by atoms with E-state index in [-0.39, 0.29) is 11.8 Å². The van der Waals surface area contributed by atoms with Gasteiger partial charge in [0.2, 0.25) is 11.8 Å². The first-order valence-electron chi connectivity index (χ1n) is 9.11. The number of hydrogen-bond acceptors (Lipinski definition) is 3. The minimum atomic E-state index is -0.0583. The number of nitrogens with zero attached hydrogens (tertiary/aromatic N) is 2. The summed E-state index contributed by atoms with van der Waals surface area (Å²) >= 11 is 5.85. The average molecular weight is 386 g/mol. The van der Waals surface area contributed by atoms with Gasteiger partial charge in [-0.05, 0) is 42.3 Å². The molecule has 0 atom stereocenters. The molecule has 2 aromatic rings. The van der Waals surface area contributed by atoms with E-state index >= 15 is 0 Å². The molecule has 1 N–H and O–H groups in total. The lowest BCUT2D eigenvalue weighted by Crippen LogP contribution is -2.50. The van der Waals surface area contributed by atoms with Gasteiger partial charge in [0, 0.05) is 36.9 Å². The summed E-state index contributed by atoms with van der Waals surface area (Å²) in [6, 6.07) is 15.0. The summed E-state index contributed by atoms with van der Waals surface area (Å²) in [7, 11) is 0. The lowest BCUT2D eigenvalue weighted by molar-refractivity contribution is -0.132. The Morgan fingerprint density at radius 1 is 1.00 bits per heavy atom. The predicted molar refractivity (Wildman–Crippen MR) is 108 cm³/mol. The quantitative estimate of drug-likeness (QED) is 0.860. The van der Waals surface area contributed by atoms with Crippen LogP contribution in [0.25, 0.3) is 0 Å². The maximum Gasteiger partial charge on any atom is 0.238 e. The van der Waals surface area contributed by atoms with Crippen LogP contribution in [0.1, 0.15) is 11.1 Å². The van der Waals surface area contributed by atoms with Crippen LogP contribution in [0.5, 0.6) is 0 Å². The Hall–Kier alpha value is -2.37. The van der Waals surface area contributed by atoms with E-state index in [1.807, 2.05) is 36.1 Å². The standard InChI is InChI=1S/C21H24ClN3O2/c1-16-4-2-3-5-17(16)14-21(27)25-12-10-24(11-13-25)15-20(26)23-19-8-6-18(22)7-9-19/h2-9H,10-15H2,1H3,(H,23,26). The van der Waals surface area contributed by atoms with Gasteiger partial charge in [-0.15, -0.1) is 0 Å². The molecule has 27 heavy (non-hydrogen) atoms. The molecule has 1 saturated heterocycles. The van der Waals surface area contributed by atoms with Gasteiger partial charge in [0.1, 0.15) is 0 Å². The molecule has 2 amide bonds. The van der Waals surface area contributed by atoms with E-state index in [1.165, 1.54) is 0 Å². The van der Waals surface area contributed by atoms with Crippen molar-refractivity contribution in [3.05, 3.63) is 64.7 Å². The number of carbonyl (C=O) groups excluding carboxylic acids is 2. The van der Waals surface area contributed by atoms with Crippen molar-refractivity contribution >= 4 is 29.1 Å². The summed E-state index contributed by atoms with van der Waals surface area (Å²) in [6.07, 6.45) is 0.434. The third kappa shape index (κ3) is 5.55. The third-order valence-electron chi connectivity index (χ3n) is 4.82. The highest BCUT2D eigenvalue weighted by atomic mass is 35.5. The van der Waals surface area contributed by atoms with E-state index in [1.54, 1.807) is 24.3 Å². The summed E-state index contributed by atoms with van der Waals surface area (Å²) in [4.78, 5) is 28.7. The second-order valence-electron chi connectivity index (χ2n) is 6.82. The number of anilines is 1. The van der Waals surface area contributed by atoms with Gasteiger partial charge in [-0.1, -0.05) is 35.9 Å². The zero-order valence-electron chi connectivity index (χ0n) is 15.5. The van der Waals surface area contributed by atoms with Crippen molar-refractivity contribution < 1.29 is 9.59 Å². The Balaban J connectivity index is 1.44. The van der Waals surface area contributed by atoms with E-state index in [0.29, 0.717) is 44.2 Å². The van der Waals surface area contributed by atoms with Gasteiger partial charge in [-0.2, -0.15) is 0 Å². The van der Waals surface area contributed by atoms with Crippen LogP contribution >= 0.6 is 11.6 Å². The van der Waals surface area contributed by atoms with E-state index in [9.17, 15) is 9.59 Å². The van der Waals surface area contributed by atoms with Crippen molar-refractivity contribution in [1.82, 2.24) is 9.80 Å². The molecule has 3 rings (SSSR count). The summed E-state index contributed by atoms with van der Waals surface area (Å²) in [5, 5.41) is 3.51. The van der Waals surface area contributed by atoms with Crippen LogP contribution in [0.15, 0.2) is 48.5 Å². The first-order chi connectivity index (χ1) is 13.0. The molecule has 0 bridgehead atoms. The molecule has 1 heterocycles. The summed E-state index contributed by atoms with van der Waals surface area (Å²) < 4.78 is 0. The number of aryl methyl sites for hydroxylation is 1. The first kappa shape index (κ1) is 19.4. The molecule has 1 aliphatic rings. The van der Waals surface area contributed by atoms with Crippen molar-refractivity contribution in [3.8, 4) is 0 Å². The highest BCUT2D eigenvalue weighted by Gasteiger charge is 2.22. The summed E-state index contributed by atoms with van der Waals surface area (Å²) in [5.41, 5.74) is 2.95. The van der Waals surface area contributed by atoms with E-state index in [2.05, 4.69) is 10.2 Å². The first-order valence-corrected chi connectivity index (χ1v) is 9.49. The maximum absolute atomic E-state index is 12.5. The van der Waals surface area contributed by atoms with E-state index in [4.69, 9.17) is 11.6 Å². The van der Waals surface area contributed by atoms with Crippen molar-refractivity contribution in [3.63, 3.8) is 0 Å². The average Bonchev–Trinajstić information content (AvgIpc) is 2.66. The molecule has 6 heteroatoms. The van der Waals surface area contributed by atoms with Crippen LogP contribution in [-0.4, -0.2) is 54.3 Å². The fourth-order valence-electron chi connectivity index (χ4n) is 3.18. The smallest absolute Gasteiger partial charge is 0.238 e. The van der Waals surface area contributed by atoms with Crippen LogP contribution < -0.4 is 5.32 Å². The molecule has 1 aliphatic heterocycles. The minimum absolute atomic E-state index is 0.0583. The molecule has 2 aromatic carbocycles. The highest BCUT2D eigenvalue weighted by molar-refractivity contribution is 6.30. The van der Waals surface area contributed by atoms with Crippen LogP contribution in [-0.2, 0) is 16.0 Å². The highest BCUT2D eigenvalue weighted by Crippen LogP contribution is 2.14. The molecule has 0 saturated carbocycles. The second kappa shape index (κ2) is 9.02. The number of rotatable bonds is 5. The SMILES string of the molecule is Cc1ccccc1CC(=O)N1CCN(CC(=O)Nc2ccc(Cl)cc2)CC1. The van der Waals surface area contributed by atoms with Gasteiger partial charge in [0.25, 0.3) is 0 Å². The van der Waals surface area contributed by atoms with Crippen LogP contribution in [0.4, 0.5) is 5.69 Å². The molecule has 1 fully saturated rings. The molecule has 0 spiro atoms. The molecular formula is C21H24ClN3O2. The summed E-state index contributed by atoms with van der Waals surface area (Å²) in [5.74, 6) is 0.0894. The topological polar surface area (TPSA) is 52.7 Å². The number of piperazine rings is 1. The van der Waals surface area contributed by atoms with Crippen molar-refractivity contribution in [2.45, 2.75) is 13.3 Å². The van der Waals surface area contributed by atoms with Crippen LogP contribution in [0, 0.1) is 6.92 Å². The Bertz CT molecular complexity index is 799. The number of nitrogens with one attached hydrogen (secondary N) is 1. The van der Waals surface area contributed by atoms with Gasteiger partial charge in [0.05, 0.1) is 13.0 Å². The fraction of sp³-hybridized carbons (Fsp3) is 0.333. The zero-order chi connectivity index (χ0) is 19.2. The van der Waals surface area contributed by atoms with E-state index < -0.39 is 0 Å². The fourth-order valence-corrected chi connectivity index (χ4v) is 3.30. The minimum Gasteiger partial charge on any atom is -0.340 e. The Morgan fingerprint density at radius 3 is 2.33 bits per heavy atom. The normalized spacial score (nSPS) is 14.8. The van der Waals surface area contributed by atoms with Crippen molar-refractivity contribution in [1.29, 1.82) is 0 Å².